The summed E-state index contributed by atoms with van der Waals surface area (Å²) in [5, 5.41) is 3.72. The molecule has 0 aliphatic heterocycles. The first-order valence-corrected chi connectivity index (χ1v) is 7.47. The number of aromatic nitrogens is 3. The van der Waals surface area contributed by atoms with E-state index in [4.69, 9.17) is 10.2 Å². The van der Waals surface area contributed by atoms with Gasteiger partial charge in [0.2, 0.25) is 9.84 Å². The van der Waals surface area contributed by atoms with Crippen molar-refractivity contribution in [3.05, 3.63) is 36.2 Å². The first-order valence-electron chi connectivity index (χ1n) is 5.81. The summed E-state index contributed by atoms with van der Waals surface area (Å²) < 4.78 is 31.3. The number of hydrogen-bond donors (Lipinski definition) is 1. The Kier molecular flexibility index (Phi) is 2.75. The molecule has 0 radical (unpaired) electrons. The molecule has 7 nitrogen and oxygen atoms in total. The Morgan fingerprint density at radius 1 is 1.35 bits per heavy atom. The Hall–Kier alpha value is -2.35. The molecule has 0 aliphatic rings. The summed E-state index contributed by atoms with van der Waals surface area (Å²) in [5.74, 6) is -0.254. The van der Waals surface area contributed by atoms with E-state index in [0.717, 1.165) is 0 Å². The van der Waals surface area contributed by atoms with E-state index in [1.54, 1.807) is 37.5 Å². The molecule has 20 heavy (non-hydrogen) atoms. The Balaban J connectivity index is 2.00. The number of nitrogen functional groups attached to an aromatic ring is 1. The van der Waals surface area contributed by atoms with Gasteiger partial charge in [0, 0.05) is 18.9 Å². The van der Waals surface area contributed by atoms with Gasteiger partial charge in [-0.25, -0.2) is 8.42 Å². The van der Waals surface area contributed by atoms with Crippen LogP contribution < -0.4 is 5.73 Å². The van der Waals surface area contributed by atoms with Gasteiger partial charge in [-0.05, 0) is 24.3 Å². The van der Waals surface area contributed by atoms with Crippen molar-refractivity contribution < 1.29 is 12.8 Å². The normalized spacial score (nSPS) is 12.1. The summed E-state index contributed by atoms with van der Waals surface area (Å²) in [6.07, 6.45) is 1.68. The van der Waals surface area contributed by atoms with Gasteiger partial charge in [0.25, 0.3) is 0 Å². The molecule has 0 bridgehead atoms. The number of benzene rings is 1. The lowest BCUT2D eigenvalue weighted by atomic mass is 10.3. The molecular formula is C12H12N4O3S. The number of oxazole rings is 1. The zero-order valence-corrected chi connectivity index (χ0v) is 11.5. The van der Waals surface area contributed by atoms with Crippen molar-refractivity contribution in [3.8, 4) is 0 Å². The lowest BCUT2D eigenvalue weighted by Crippen LogP contribution is -2.06. The quantitative estimate of drug-likeness (QED) is 0.725. The van der Waals surface area contributed by atoms with Crippen molar-refractivity contribution in [2.45, 2.75) is 11.0 Å². The number of aryl methyl sites for hydroxylation is 1. The Morgan fingerprint density at radius 3 is 2.85 bits per heavy atom. The number of nitrogens with zero attached hydrogens (tertiary/aromatic N) is 3. The van der Waals surface area contributed by atoms with E-state index in [0.29, 0.717) is 22.5 Å². The van der Waals surface area contributed by atoms with E-state index < -0.39 is 9.84 Å². The summed E-state index contributed by atoms with van der Waals surface area (Å²) >= 11 is 0. The summed E-state index contributed by atoms with van der Waals surface area (Å²) in [4.78, 5) is 3.98. The zero-order valence-electron chi connectivity index (χ0n) is 10.6. The van der Waals surface area contributed by atoms with E-state index in [2.05, 4.69) is 10.1 Å². The summed E-state index contributed by atoms with van der Waals surface area (Å²) in [6.45, 7) is 0. The molecule has 0 amide bonds. The van der Waals surface area contributed by atoms with Crippen LogP contribution in [-0.2, 0) is 22.6 Å². The summed E-state index contributed by atoms with van der Waals surface area (Å²) in [5.41, 5.74) is 7.37. The zero-order chi connectivity index (χ0) is 14.3. The third-order valence-electron chi connectivity index (χ3n) is 2.76. The fourth-order valence-corrected chi connectivity index (χ4v) is 2.97. The summed E-state index contributed by atoms with van der Waals surface area (Å²) in [7, 11) is -1.95. The minimum absolute atomic E-state index is 0.254. The van der Waals surface area contributed by atoms with E-state index in [9.17, 15) is 8.42 Å². The van der Waals surface area contributed by atoms with Gasteiger partial charge < -0.3 is 10.2 Å². The smallest absolute Gasteiger partial charge is 0.316 e. The van der Waals surface area contributed by atoms with Crippen molar-refractivity contribution in [1.29, 1.82) is 0 Å². The van der Waals surface area contributed by atoms with Gasteiger partial charge in [-0.3, -0.25) is 4.68 Å². The molecule has 0 aliphatic carbocycles. The minimum atomic E-state index is -3.67. The second-order valence-electron chi connectivity index (χ2n) is 4.45. The third-order valence-corrected chi connectivity index (χ3v) is 4.15. The molecule has 104 valence electrons. The molecule has 2 aromatic heterocycles. The second kappa shape index (κ2) is 4.34. The highest BCUT2D eigenvalue weighted by molar-refractivity contribution is 7.90. The fourth-order valence-electron chi connectivity index (χ4n) is 1.85. The first kappa shape index (κ1) is 12.7. The third kappa shape index (κ3) is 2.25. The van der Waals surface area contributed by atoms with E-state index in [1.807, 2.05) is 0 Å². The molecule has 0 atom stereocenters. The van der Waals surface area contributed by atoms with Crippen LogP contribution in [0.15, 0.2) is 40.1 Å². The van der Waals surface area contributed by atoms with E-state index in [1.165, 1.54) is 4.68 Å². The van der Waals surface area contributed by atoms with Gasteiger partial charge >= 0.3 is 5.22 Å². The van der Waals surface area contributed by atoms with Crippen LogP contribution in [0.1, 0.15) is 5.69 Å². The standard InChI is InChI=1S/C12H12N4O3S/c1-16-5-4-9(15-16)7-20(17,18)12-14-10-6-8(13)2-3-11(10)19-12/h2-6H,7,13H2,1H3. The maximum Gasteiger partial charge on any atom is 0.316 e. The molecule has 3 rings (SSSR count). The molecule has 0 saturated heterocycles. The van der Waals surface area contributed by atoms with Crippen molar-refractivity contribution in [2.75, 3.05) is 5.73 Å². The van der Waals surface area contributed by atoms with Crippen LogP contribution in [0.4, 0.5) is 5.69 Å². The first-order chi connectivity index (χ1) is 9.44. The highest BCUT2D eigenvalue weighted by Crippen LogP contribution is 2.23. The lowest BCUT2D eigenvalue weighted by molar-refractivity contribution is 0.457. The molecule has 0 unspecified atom stereocenters. The molecule has 0 spiro atoms. The van der Waals surface area contributed by atoms with Crippen molar-refractivity contribution in [2.24, 2.45) is 7.05 Å². The maximum atomic E-state index is 12.2. The van der Waals surface area contributed by atoms with Crippen LogP contribution in [0, 0.1) is 0 Å². The monoisotopic (exact) mass is 292 g/mol. The number of sulfone groups is 1. The molecule has 1 aromatic carbocycles. The van der Waals surface area contributed by atoms with Crippen LogP contribution in [0.5, 0.6) is 0 Å². The maximum absolute atomic E-state index is 12.2. The van der Waals surface area contributed by atoms with Crippen LogP contribution in [-0.4, -0.2) is 23.2 Å². The highest BCUT2D eigenvalue weighted by atomic mass is 32.2. The number of rotatable bonds is 3. The molecule has 0 fully saturated rings. The summed E-state index contributed by atoms with van der Waals surface area (Å²) in [6, 6.07) is 6.43. The number of hydrogen-bond acceptors (Lipinski definition) is 6. The van der Waals surface area contributed by atoms with Crippen LogP contribution in [0.25, 0.3) is 11.1 Å². The predicted octanol–water partition coefficient (Wildman–Crippen LogP) is 1.12. The van der Waals surface area contributed by atoms with Gasteiger partial charge in [-0.1, -0.05) is 0 Å². The Morgan fingerprint density at radius 2 is 2.15 bits per heavy atom. The number of nitrogens with two attached hydrogens (primary N) is 1. The van der Waals surface area contributed by atoms with Gasteiger partial charge in [0.15, 0.2) is 5.58 Å². The highest BCUT2D eigenvalue weighted by Gasteiger charge is 2.23. The molecule has 2 heterocycles. The van der Waals surface area contributed by atoms with Crippen LogP contribution in [0.3, 0.4) is 0 Å². The molecule has 8 heteroatoms. The van der Waals surface area contributed by atoms with Gasteiger partial charge in [-0.2, -0.15) is 10.1 Å². The molecule has 2 N–H and O–H groups in total. The predicted molar refractivity (Wildman–Crippen MR) is 72.5 cm³/mol. The van der Waals surface area contributed by atoms with Gasteiger partial charge in [0.05, 0.1) is 5.69 Å². The van der Waals surface area contributed by atoms with Crippen molar-refractivity contribution in [1.82, 2.24) is 14.8 Å². The lowest BCUT2D eigenvalue weighted by Gasteiger charge is -1.96. The minimum Gasteiger partial charge on any atom is -0.428 e. The van der Waals surface area contributed by atoms with E-state index >= 15 is 0 Å². The Bertz CT molecular complexity index is 879. The van der Waals surface area contributed by atoms with Crippen LogP contribution >= 0.6 is 0 Å². The average Bonchev–Trinajstić information content (AvgIpc) is 2.95. The van der Waals surface area contributed by atoms with Crippen molar-refractivity contribution in [3.63, 3.8) is 0 Å². The van der Waals surface area contributed by atoms with Gasteiger partial charge in [-0.15, -0.1) is 0 Å². The second-order valence-corrected chi connectivity index (χ2v) is 6.31. The number of anilines is 1. The molecule has 0 saturated carbocycles. The molecular weight excluding hydrogens is 280 g/mol. The number of fused-ring (bicyclic) bond motifs is 1. The van der Waals surface area contributed by atoms with Crippen LogP contribution in [0.2, 0.25) is 0 Å². The molecule has 3 aromatic rings. The Labute approximate surface area is 114 Å². The largest absolute Gasteiger partial charge is 0.428 e. The fraction of sp³-hybridized carbons (Fsp3) is 0.167. The SMILES string of the molecule is Cn1ccc(CS(=O)(=O)c2nc3cc(N)ccc3o2)n1. The van der Waals surface area contributed by atoms with Crippen molar-refractivity contribution >= 4 is 26.6 Å². The van der Waals surface area contributed by atoms with Gasteiger partial charge in [0.1, 0.15) is 11.3 Å². The topological polar surface area (TPSA) is 104 Å². The van der Waals surface area contributed by atoms with E-state index in [-0.39, 0.29) is 11.0 Å². The average molecular weight is 292 g/mol.